The van der Waals surface area contributed by atoms with Gasteiger partial charge in [-0.05, 0) is 30.0 Å². The molecule has 1 aromatic carbocycles. The minimum atomic E-state index is -1.65. The Labute approximate surface area is 145 Å². The first-order valence-electron chi connectivity index (χ1n) is 7.42. The Morgan fingerprint density at radius 2 is 1.72 bits per heavy atom. The highest BCUT2D eigenvalue weighted by Crippen LogP contribution is 2.54. The van der Waals surface area contributed by atoms with Gasteiger partial charge in [-0.1, -0.05) is 26.8 Å². The monoisotopic (exact) mass is 339 g/mol. The normalized spacial score (nSPS) is 19.7. The fraction of sp³-hybridized carbons (Fsp3) is 0.316. The van der Waals surface area contributed by atoms with Gasteiger partial charge < -0.3 is 4.74 Å². The van der Waals surface area contributed by atoms with Crippen LogP contribution in [0.25, 0.3) is 4.85 Å². The van der Waals surface area contributed by atoms with Crippen molar-refractivity contribution in [2.45, 2.75) is 33.3 Å². The number of ether oxygens (including phenoxy) is 1. The van der Waals surface area contributed by atoms with E-state index < -0.39 is 28.2 Å². The van der Waals surface area contributed by atoms with Crippen LogP contribution in [0.5, 0.6) is 0 Å². The number of rotatable bonds is 1. The topological polar surface area (TPSA) is 61.2 Å². The van der Waals surface area contributed by atoms with Crippen LogP contribution in [0, 0.1) is 46.3 Å². The first kappa shape index (κ1) is 18.2. The van der Waals surface area contributed by atoms with Gasteiger partial charge in [0.05, 0.1) is 12.1 Å². The highest BCUT2D eigenvalue weighted by molar-refractivity contribution is 5.58. The second-order valence-electron chi connectivity index (χ2n) is 6.75. The summed E-state index contributed by atoms with van der Waals surface area (Å²) in [5.41, 5.74) is -2.87. The zero-order chi connectivity index (χ0) is 19.0. The molecule has 2 rings (SSSR count). The van der Waals surface area contributed by atoms with E-state index in [1.54, 1.807) is 32.9 Å². The number of nitriles is 2. The number of hydrogen-bond donors (Lipinski definition) is 0. The van der Waals surface area contributed by atoms with Crippen LogP contribution in [0.4, 0.5) is 8.78 Å². The summed E-state index contributed by atoms with van der Waals surface area (Å²) in [4.78, 5) is 3.41. The molecule has 4 nitrogen and oxygen atoms in total. The van der Waals surface area contributed by atoms with Crippen molar-refractivity contribution < 1.29 is 13.5 Å². The zero-order valence-corrected chi connectivity index (χ0v) is 14.2. The Morgan fingerprint density at radius 1 is 1.20 bits per heavy atom. The lowest BCUT2D eigenvalue weighted by molar-refractivity contribution is 0.0517. The lowest BCUT2D eigenvalue weighted by atomic mass is 9.73. The fourth-order valence-corrected chi connectivity index (χ4v) is 3.25. The number of nitrogens with zero attached hydrogens (tertiary/aromatic N) is 3. The summed E-state index contributed by atoms with van der Waals surface area (Å²) >= 11 is 0. The van der Waals surface area contributed by atoms with Gasteiger partial charge in [-0.2, -0.15) is 10.5 Å². The van der Waals surface area contributed by atoms with Crippen LogP contribution >= 0.6 is 0 Å². The van der Waals surface area contributed by atoms with Crippen LogP contribution in [0.15, 0.2) is 40.8 Å². The molecule has 1 atom stereocenters. The molecule has 0 amide bonds. The lowest BCUT2D eigenvalue weighted by Gasteiger charge is -2.36. The average Bonchev–Trinajstić information content (AvgIpc) is 2.81. The largest absolute Gasteiger partial charge is 0.488 e. The minimum Gasteiger partial charge on any atom is -0.488 e. The highest BCUT2D eigenvalue weighted by atomic mass is 19.1. The summed E-state index contributed by atoms with van der Waals surface area (Å²) < 4.78 is 34.7. The maximum atomic E-state index is 14.5. The van der Waals surface area contributed by atoms with Crippen LogP contribution in [-0.2, 0) is 10.3 Å². The van der Waals surface area contributed by atoms with Crippen LogP contribution in [0.3, 0.4) is 0 Å². The Bertz CT molecular complexity index is 897. The van der Waals surface area contributed by atoms with Gasteiger partial charge in [0.2, 0.25) is 5.70 Å². The van der Waals surface area contributed by atoms with E-state index in [0.717, 1.165) is 12.1 Å². The third-order valence-corrected chi connectivity index (χ3v) is 3.99. The Hall–Kier alpha value is -3.17. The smallest absolute Gasteiger partial charge is 0.234 e. The first-order chi connectivity index (χ1) is 11.6. The van der Waals surface area contributed by atoms with Gasteiger partial charge in [-0.25, -0.2) is 13.6 Å². The quantitative estimate of drug-likeness (QED) is 0.549. The van der Waals surface area contributed by atoms with Gasteiger partial charge in [-0.15, -0.1) is 0 Å². The fourth-order valence-electron chi connectivity index (χ4n) is 3.25. The van der Waals surface area contributed by atoms with E-state index >= 15 is 0 Å². The molecule has 1 heterocycles. The summed E-state index contributed by atoms with van der Waals surface area (Å²) in [6.07, 6.45) is 0. The summed E-state index contributed by atoms with van der Waals surface area (Å²) in [6, 6.07) is 6.78. The van der Waals surface area contributed by atoms with E-state index in [1.165, 1.54) is 13.0 Å². The van der Waals surface area contributed by atoms with Crippen molar-refractivity contribution >= 4 is 0 Å². The molecule has 1 aromatic rings. The molecule has 0 bridgehead atoms. The first-order valence-corrected chi connectivity index (χ1v) is 7.42. The van der Waals surface area contributed by atoms with E-state index in [-0.39, 0.29) is 17.0 Å². The molecule has 25 heavy (non-hydrogen) atoms. The molecule has 1 aliphatic heterocycles. The molecule has 6 heteroatoms. The third kappa shape index (κ3) is 2.75. The Kier molecular flexibility index (Phi) is 4.39. The van der Waals surface area contributed by atoms with Crippen molar-refractivity contribution in [2.24, 2.45) is 5.41 Å². The molecule has 0 N–H and O–H groups in total. The third-order valence-electron chi connectivity index (χ3n) is 3.99. The number of allylic oxidation sites excluding steroid dienone is 1. The van der Waals surface area contributed by atoms with Gasteiger partial charge in [0.15, 0.2) is 11.3 Å². The second kappa shape index (κ2) is 6.04. The van der Waals surface area contributed by atoms with E-state index in [1.807, 2.05) is 0 Å². The molecule has 1 aliphatic rings. The zero-order valence-electron chi connectivity index (χ0n) is 14.2. The summed E-state index contributed by atoms with van der Waals surface area (Å²) in [5, 5.41) is 18.3. The molecule has 0 aliphatic carbocycles. The van der Waals surface area contributed by atoms with Gasteiger partial charge in [0.1, 0.15) is 29.4 Å². The van der Waals surface area contributed by atoms with Crippen LogP contribution in [0.1, 0.15) is 33.3 Å². The maximum absolute atomic E-state index is 14.5. The van der Waals surface area contributed by atoms with Crippen molar-refractivity contribution in [2.75, 3.05) is 0 Å². The maximum Gasteiger partial charge on any atom is 0.234 e. The minimum absolute atomic E-state index is 0.0595. The van der Waals surface area contributed by atoms with Crippen molar-refractivity contribution in [3.63, 3.8) is 0 Å². The molecule has 0 saturated carbocycles. The predicted molar refractivity (Wildman–Crippen MR) is 86.1 cm³/mol. The van der Waals surface area contributed by atoms with Crippen molar-refractivity contribution in [1.29, 1.82) is 10.5 Å². The molecular weight excluding hydrogens is 324 g/mol. The predicted octanol–water partition coefficient (Wildman–Crippen LogP) is 4.73. The van der Waals surface area contributed by atoms with E-state index in [2.05, 4.69) is 4.85 Å². The molecule has 0 spiro atoms. The van der Waals surface area contributed by atoms with Crippen molar-refractivity contribution in [3.05, 3.63) is 69.4 Å². The van der Waals surface area contributed by atoms with Gasteiger partial charge >= 0.3 is 0 Å². The van der Waals surface area contributed by atoms with Crippen molar-refractivity contribution in [3.8, 4) is 12.1 Å². The molecule has 126 valence electrons. The summed E-state index contributed by atoms with van der Waals surface area (Å²) in [7, 11) is 0. The Morgan fingerprint density at radius 3 is 2.12 bits per heavy atom. The van der Waals surface area contributed by atoms with Gasteiger partial charge in [-0.3, -0.25) is 0 Å². The van der Waals surface area contributed by atoms with Gasteiger partial charge in [0, 0.05) is 0 Å². The van der Waals surface area contributed by atoms with Crippen LogP contribution in [0.2, 0.25) is 0 Å². The highest BCUT2D eigenvalue weighted by Gasteiger charge is 2.51. The second-order valence-corrected chi connectivity index (χ2v) is 6.75. The van der Waals surface area contributed by atoms with E-state index in [4.69, 9.17) is 21.8 Å². The molecule has 0 saturated heterocycles. The lowest BCUT2D eigenvalue weighted by Crippen LogP contribution is -2.33. The van der Waals surface area contributed by atoms with Crippen LogP contribution < -0.4 is 0 Å². The van der Waals surface area contributed by atoms with Gasteiger partial charge in [0.25, 0.3) is 0 Å². The molecule has 0 radical (unpaired) electrons. The molecule has 1 unspecified atom stereocenters. The molecule has 0 aromatic heterocycles. The summed E-state index contributed by atoms with van der Waals surface area (Å²) in [5.74, 6) is -1.90. The number of benzene rings is 1. The van der Waals surface area contributed by atoms with E-state index in [0.29, 0.717) is 5.57 Å². The van der Waals surface area contributed by atoms with Crippen molar-refractivity contribution in [1.82, 2.24) is 0 Å². The standard InChI is InChI=1S/C19H15F2N3O/c1-18(2,3)17-15(24-5)16(11(9-22)10-23)25-19(17,4)14-12(20)7-6-8-13(14)21/h6-8H,1-4H3. The van der Waals surface area contributed by atoms with Crippen LogP contribution in [-0.4, -0.2) is 0 Å². The summed E-state index contributed by atoms with van der Waals surface area (Å²) in [6.45, 7) is 14.2. The average molecular weight is 339 g/mol. The Balaban J connectivity index is 2.97. The van der Waals surface area contributed by atoms with E-state index in [9.17, 15) is 8.78 Å². The number of halogens is 2. The number of hydrogen-bond acceptors (Lipinski definition) is 3. The SMILES string of the molecule is [C-]#[N+]C1=C(C(C)(C)C)C(C)(c2c(F)cccc2F)OC1=C(C#N)C#N. The molecule has 0 fully saturated rings. The molecular formula is C19H15F2N3O.